The summed E-state index contributed by atoms with van der Waals surface area (Å²) in [7, 11) is 0. The maximum absolute atomic E-state index is 11.6. The first-order valence-corrected chi connectivity index (χ1v) is 7.28. The molecular weight excluding hydrogens is 292 g/mol. The summed E-state index contributed by atoms with van der Waals surface area (Å²) in [6.45, 7) is 5.78. The average molecular weight is 312 g/mol. The Morgan fingerprint density at radius 3 is 2.70 bits per heavy atom. The summed E-state index contributed by atoms with van der Waals surface area (Å²) < 4.78 is 5.11. The van der Waals surface area contributed by atoms with Crippen molar-refractivity contribution in [2.24, 2.45) is 0 Å². The van der Waals surface area contributed by atoms with E-state index < -0.39 is 11.7 Å². The summed E-state index contributed by atoms with van der Waals surface area (Å²) in [6.07, 6.45) is -0.143. The third-order valence-electron chi connectivity index (χ3n) is 2.58. The molecule has 0 unspecified atom stereocenters. The number of nitriles is 1. The lowest BCUT2D eigenvalue weighted by molar-refractivity contribution is 0.0529. The van der Waals surface area contributed by atoms with Crippen LogP contribution in [0.15, 0.2) is 24.3 Å². The van der Waals surface area contributed by atoms with Crippen LogP contribution in [0.4, 0.5) is 4.79 Å². The van der Waals surface area contributed by atoms with Gasteiger partial charge in [-0.15, -0.1) is 0 Å². The molecule has 5 heteroatoms. The maximum Gasteiger partial charge on any atom is 0.407 e. The highest BCUT2D eigenvalue weighted by molar-refractivity contribution is 5.97. The molecule has 0 aliphatic heterocycles. The Bertz CT molecular complexity index is 670. The number of hydrogen-bond donors (Lipinski definition) is 1. The number of ketones is 1. The van der Waals surface area contributed by atoms with Crippen molar-refractivity contribution in [3.8, 4) is 17.9 Å². The second-order valence-corrected chi connectivity index (χ2v) is 5.82. The molecule has 1 N–H and O–H groups in total. The normalized spacial score (nSPS) is 10.0. The maximum atomic E-state index is 11.6. The van der Waals surface area contributed by atoms with E-state index >= 15 is 0 Å². The van der Waals surface area contributed by atoms with Gasteiger partial charge < -0.3 is 10.1 Å². The van der Waals surface area contributed by atoms with Crippen LogP contribution in [0.3, 0.4) is 0 Å². The third kappa shape index (κ3) is 7.68. The van der Waals surface area contributed by atoms with E-state index in [2.05, 4.69) is 17.2 Å². The van der Waals surface area contributed by atoms with Crippen molar-refractivity contribution in [1.82, 2.24) is 5.32 Å². The minimum Gasteiger partial charge on any atom is -0.444 e. The van der Waals surface area contributed by atoms with Gasteiger partial charge in [-0.3, -0.25) is 4.79 Å². The van der Waals surface area contributed by atoms with Gasteiger partial charge in [0.05, 0.1) is 12.5 Å². The van der Waals surface area contributed by atoms with Crippen molar-refractivity contribution >= 4 is 11.9 Å². The molecular formula is C18H20N2O3. The highest BCUT2D eigenvalue weighted by atomic mass is 16.6. The van der Waals surface area contributed by atoms with Gasteiger partial charge in [-0.2, -0.15) is 5.26 Å². The van der Waals surface area contributed by atoms with E-state index in [1.54, 1.807) is 45.0 Å². The highest BCUT2D eigenvalue weighted by Crippen LogP contribution is 2.07. The van der Waals surface area contributed by atoms with E-state index in [0.29, 0.717) is 24.1 Å². The molecule has 0 saturated carbocycles. The van der Waals surface area contributed by atoms with Crippen molar-refractivity contribution in [3.05, 3.63) is 35.4 Å². The lowest BCUT2D eigenvalue weighted by Gasteiger charge is -2.19. The number of benzene rings is 1. The van der Waals surface area contributed by atoms with Gasteiger partial charge in [-0.25, -0.2) is 4.79 Å². The smallest absolute Gasteiger partial charge is 0.407 e. The number of nitrogens with zero attached hydrogens (tertiary/aromatic N) is 1. The second-order valence-electron chi connectivity index (χ2n) is 5.82. The zero-order chi connectivity index (χ0) is 17.3. The molecule has 5 nitrogen and oxygen atoms in total. The summed E-state index contributed by atoms with van der Waals surface area (Å²) >= 11 is 0. The van der Waals surface area contributed by atoms with E-state index in [1.165, 1.54) is 0 Å². The first-order chi connectivity index (χ1) is 10.8. The molecule has 0 atom stereocenters. The van der Waals surface area contributed by atoms with Crippen LogP contribution in [-0.4, -0.2) is 24.0 Å². The van der Waals surface area contributed by atoms with Crippen LogP contribution in [0.2, 0.25) is 0 Å². The molecule has 0 fully saturated rings. The summed E-state index contributed by atoms with van der Waals surface area (Å²) in [4.78, 5) is 23.1. The van der Waals surface area contributed by atoms with Crippen molar-refractivity contribution in [2.45, 2.75) is 39.2 Å². The Labute approximate surface area is 136 Å². The first kappa shape index (κ1) is 18.3. The third-order valence-corrected chi connectivity index (χ3v) is 2.58. The van der Waals surface area contributed by atoms with Gasteiger partial charge >= 0.3 is 6.09 Å². The van der Waals surface area contributed by atoms with Gasteiger partial charge in [0.2, 0.25) is 0 Å². The monoisotopic (exact) mass is 312 g/mol. The predicted octanol–water partition coefficient (Wildman–Crippen LogP) is 3.05. The van der Waals surface area contributed by atoms with E-state index in [0.717, 1.165) is 0 Å². The fourth-order valence-corrected chi connectivity index (χ4v) is 1.65. The lowest BCUT2D eigenvalue weighted by Crippen LogP contribution is -2.32. The fourth-order valence-electron chi connectivity index (χ4n) is 1.65. The summed E-state index contributed by atoms with van der Waals surface area (Å²) in [6, 6.07) is 8.68. The van der Waals surface area contributed by atoms with E-state index in [9.17, 15) is 9.59 Å². The van der Waals surface area contributed by atoms with Gasteiger partial charge in [0.25, 0.3) is 0 Å². The van der Waals surface area contributed by atoms with Gasteiger partial charge in [0.15, 0.2) is 5.78 Å². The van der Waals surface area contributed by atoms with Crippen LogP contribution in [0, 0.1) is 23.2 Å². The molecule has 0 aliphatic carbocycles. The van der Waals surface area contributed by atoms with E-state index in [-0.39, 0.29) is 12.2 Å². The Hall–Kier alpha value is -2.79. The van der Waals surface area contributed by atoms with Crippen molar-refractivity contribution < 1.29 is 14.3 Å². The molecule has 0 radical (unpaired) electrons. The standard InChI is InChI=1S/C18H20N2O3/c1-18(2,3)23-17(22)20-12-5-4-7-14-8-6-9-15(13-14)16(21)10-11-19/h6,8-9,13H,5,10,12H2,1-3H3,(H,20,22). The molecule has 23 heavy (non-hydrogen) atoms. The topological polar surface area (TPSA) is 79.2 Å². The first-order valence-electron chi connectivity index (χ1n) is 7.28. The van der Waals surface area contributed by atoms with Crippen LogP contribution in [0.5, 0.6) is 0 Å². The van der Waals surface area contributed by atoms with Gasteiger partial charge in [0.1, 0.15) is 5.60 Å². The minimum atomic E-state index is -0.522. The van der Waals surface area contributed by atoms with Crippen LogP contribution < -0.4 is 5.32 Å². The molecule has 1 rings (SSSR count). The Morgan fingerprint density at radius 1 is 1.30 bits per heavy atom. The number of Topliss-reactive ketones (excluding diaryl/α,β-unsaturated/α-hetero) is 1. The molecule has 120 valence electrons. The average Bonchev–Trinajstić information content (AvgIpc) is 2.45. The Kier molecular flexibility index (Phi) is 6.83. The molecule has 0 aromatic heterocycles. The van der Waals surface area contributed by atoms with Crippen molar-refractivity contribution in [1.29, 1.82) is 5.26 Å². The number of ether oxygens (including phenoxy) is 1. The van der Waals surface area contributed by atoms with Crippen LogP contribution in [0.25, 0.3) is 0 Å². The van der Waals surface area contributed by atoms with Gasteiger partial charge in [0, 0.05) is 24.1 Å². The Balaban J connectivity index is 2.48. The summed E-state index contributed by atoms with van der Waals surface area (Å²) in [5, 5.41) is 11.2. The lowest BCUT2D eigenvalue weighted by atomic mass is 10.1. The van der Waals surface area contributed by atoms with Crippen molar-refractivity contribution in [2.75, 3.05) is 6.54 Å². The van der Waals surface area contributed by atoms with E-state index in [4.69, 9.17) is 10.00 Å². The number of rotatable bonds is 4. The number of amides is 1. The molecule has 0 saturated heterocycles. The molecule has 1 aromatic carbocycles. The number of carbonyl (C=O) groups is 2. The second kappa shape index (κ2) is 8.60. The quantitative estimate of drug-likeness (QED) is 0.526. The van der Waals surface area contributed by atoms with Crippen LogP contribution >= 0.6 is 0 Å². The number of hydrogen-bond acceptors (Lipinski definition) is 4. The largest absolute Gasteiger partial charge is 0.444 e. The molecule has 0 heterocycles. The van der Waals surface area contributed by atoms with Gasteiger partial charge in [-0.05, 0) is 32.9 Å². The molecule has 0 aliphatic rings. The fraction of sp³-hybridized carbons (Fsp3) is 0.389. The van der Waals surface area contributed by atoms with Crippen LogP contribution in [-0.2, 0) is 4.74 Å². The van der Waals surface area contributed by atoms with Crippen molar-refractivity contribution in [3.63, 3.8) is 0 Å². The SMILES string of the molecule is CC(C)(C)OC(=O)NCCC#Cc1cccc(C(=O)CC#N)c1. The summed E-state index contributed by atoms with van der Waals surface area (Å²) in [5.74, 6) is 5.63. The van der Waals surface area contributed by atoms with E-state index in [1.807, 2.05) is 6.07 Å². The minimum absolute atomic E-state index is 0.142. The number of carbonyl (C=O) groups excluding carboxylic acids is 2. The van der Waals surface area contributed by atoms with Gasteiger partial charge in [-0.1, -0.05) is 24.0 Å². The number of nitrogens with one attached hydrogen (secondary N) is 1. The molecule has 1 amide bonds. The zero-order valence-corrected chi connectivity index (χ0v) is 13.6. The molecule has 0 bridgehead atoms. The zero-order valence-electron chi connectivity index (χ0n) is 13.6. The molecule has 1 aromatic rings. The highest BCUT2D eigenvalue weighted by Gasteiger charge is 2.15. The Morgan fingerprint density at radius 2 is 2.04 bits per heavy atom. The predicted molar refractivity (Wildman–Crippen MR) is 86.7 cm³/mol. The summed E-state index contributed by atoms with van der Waals surface area (Å²) in [5.41, 5.74) is 0.655. The molecule has 0 spiro atoms. The van der Waals surface area contributed by atoms with Crippen LogP contribution in [0.1, 0.15) is 49.5 Å². The number of alkyl carbamates (subject to hydrolysis) is 1.